The van der Waals surface area contributed by atoms with Crippen LogP contribution in [-0.4, -0.2) is 18.3 Å². The average Bonchev–Trinajstić information content (AvgIpc) is 1.88. The molecule has 0 spiro atoms. The highest BCUT2D eigenvalue weighted by atomic mass is 16.3. The fourth-order valence-corrected chi connectivity index (χ4v) is 0.841. The summed E-state index contributed by atoms with van der Waals surface area (Å²) in [7, 11) is 0. The van der Waals surface area contributed by atoms with E-state index in [-0.39, 0.29) is 6.61 Å². The molecular formula is C7H11NO. The molecule has 0 fully saturated rings. The van der Waals surface area contributed by atoms with Gasteiger partial charge in [0.1, 0.15) is 0 Å². The number of aliphatic hydroxyl groups excluding tert-OH is 1. The zero-order valence-corrected chi connectivity index (χ0v) is 5.52. The summed E-state index contributed by atoms with van der Waals surface area (Å²) in [4.78, 5) is 0. The lowest BCUT2D eigenvalue weighted by molar-refractivity contribution is 0.334. The van der Waals surface area contributed by atoms with Crippen LogP contribution in [0.25, 0.3) is 0 Å². The van der Waals surface area contributed by atoms with Crippen molar-refractivity contribution in [1.29, 1.82) is 0 Å². The summed E-state index contributed by atoms with van der Waals surface area (Å²) in [5.41, 5.74) is 2.13. The molecule has 2 nitrogen and oxygen atoms in total. The Morgan fingerprint density at radius 1 is 1.78 bits per heavy atom. The van der Waals surface area contributed by atoms with Crippen molar-refractivity contribution < 1.29 is 5.11 Å². The van der Waals surface area contributed by atoms with E-state index >= 15 is 0 Å². The van der Waals surface area contributed by atoms with Crippen LogP contribution in [0.2, 0.25) is 0 Å². The van der Waals surface area contributed by atoms with Crippen LogP contribution in [0.4, 0.5) is 0 Å². The second-order valence-corrected chi connectivity index (χ2v) is 2.15. The van der Waals surface area contributed by atoms with Crippen molar-refractivity contribution in [3.05, 3.63) is 23.4 Å². The van der Waals surface area contributed by atoms with Gasteiger partial charge in [0.25, 0.3) is 0 Å². The topological polar surface area (TPSA) is 32.3 Å². The molecule has 0 bridgehead atoms. The van der Waals surface area contributed by atoms with Crippen LogP contribution in [0.15, 0.2) is 23.4 Å². The van der Waals surface area contributed by atoms with Gasteiger partial charge in [-0.25, -0.2) is 0 Å². The predicted octanol–water partition coefficient (Wildman–Crippen LogP) is 0.412. The van der Waals surface area contributed by atoms with Crippen molar-refractivity contribution in [2.45, 2.75) is 6.92 Å². The summed E-state index contributed by atoms with van der Waals surface area (Å²) in [6.07, 6.45) is 3.93. The van der Waals surface area contributed by atoms with Gasteiger partial charge in [0.15, 0.2) is 0 Å². The van der Waals surface area contributed by atoms with Crippen molar-refractivity contribution in [2.24, 2.45) is 0 Å². The number of hydrogen-bond acceptors (Lipinski definition) is 2. The van der Waals surface area contributed by atoms with Gasteiger partial charge in [-0.1, -0.05) is 6.08 Å². The molecule has 50 valence electrons. The molecule has 0 unspecified atom stereocenters. The summed E-state index contributed by atoms with van der Waals surface area (Å²) >= 11 is 0. The molecule has 2 N–H and O–H groups in total. The third-order valence-electron chi connectivity index (χ3n) is 1.33. The van der Waals surface area contributed by atoms with Gasteiger partial charge in [-0.05, 0) is 18.6 Å². The molecule has 0 amide bonds. The lowest BCUT2D eigenvalue weighted by Gasteiger charge is -2.10. The molecule has 0 aromatic carbocycles. The van der Waals surface area contributed by atoms with Crippen LogP contribution in [0.1, 0.15) is 6.92 Å². The average molecular weight is 125 g/mol. The lowest BCUT2D eigenvalue weighted by atomic mass is 10.2. The number of aliphatic hydroxyl groups is 1. The van der Waals surface area contributed by atoms with Gasteiger partial charge in [0.2, 0.25) is 0 Å². The highest BCUT2D eigenvalue weighted by Gasteiger charge is 1.96. The van der Waals surface area contributed by atoms with Crippen LogP contribution in [-0.2, 0) is 0 Å². The van der Waals surface area contributed by atoms with Crippen LogP contribution in [0.3, 0.4) is 0 Å². The molecule has 0 radical (unpaired) electrons. The molecule has 0 aliphatic carbocycles. The summed E-state index contributed by atoms with van der Waals surface area (Å²) in [6.45, 7) is 2.99. The summed E-state index contributed by atoms with van der Waals surface area (Å²) in [5.74, 6) is 0. The molecule has 0 atom stereocenters. The van der Waals surface area contributed by atoms with Gasteiger partial charge in [0.05, 0.1) is 6.61 Å². The normalized spacial score (nSPS) is 18.0. The van der Waals surface area contributed by atoms with Crippen molar-refractivity contribution in [3.8, 4) is 0 Å². The maximum absolute atomic E-state index is 8.67. The zero-order valence-electron chi connectivity index (χ0n) is 5.52. The fourth-order valence-electron chi connectivity index (χ4n) is 0.841. The van der Waals surface area contributed by atoms with Crippen molar-refractivity contribution in [3.63, 3.8) is 0 Å². The Morgan fingerprint density at radius 3 is 3.00 bits per heavy atom. The van der Waals surface area contributed by atoms with Crippen LogP contribution in [0, 0.1) is 0 Å². The first-order chi connectivity index (χ1) is 4.33. The minimum Gasteiger partial charge on any atom is -0.392 e. The number of dihydropyridines is 1. The monoisotopic (exact) mass is 125 g/mol. The summed E-state index contributed by atoms with van der Waals surface area (Å²) in [5, 5.41) is 11.8. The van der Waals surface area contributed by atoms with E-state index in [1.54, 1.807) is 0 Å². The minimum atomic E-state index is 0.152. The van der Waals surface area contributed by atoms with Gasteiger partial charge in [-0.3, -0.25) is 0 Å². The Labute approximate surface area is 54.9 Å². The first-order valence-corrected chi connectivity index (χ1v) is 3.05. The van der Waals surface area contributed by atoms with E-state index in [1.165, 1.54) is 0 Å². The van der Waals surface area contributed by atoms with E-state index < -0.39 is 0 Å². The number of hydrogen-bond donors (Lipinski definition) is 2. The maximum atomic E-state index is 8.67. The Morgan fingerprint density at radius 2 is 2.56 bits per heavy atom. The molecular weight excluding hydrogens is 114 g/mol. The highest BCUT2D eigenvalue weighted by molar-refractivity contribution is 5.26. The van der Waals surface area contributed by atoms with Crippen LogP contribution in [0.5, 0.6) is 0 Å². The zero-order chi connectivity index (χ0) is 6.69. The summed E-state index contributed by atoms with van der Waals surface area (Å²) in [6, 6.07) is 0. The third kappa shape index (κ3) is 1.57. The van der Waals surface area contributed by atoms with Gasteiger partial charge >= 0.3 is 0 Å². The highest BCUT2D eigenvalue weighted by Crippen LogP contribution is 2.02. The van der Waals surface area contributed by atoms with E-state index in [4.69, 9.17) is 5.11 Å². The summed E-state index contributed by atoms with van der Waals surface area (Å²) < 4.78 is 0. The Bertz CT molecular complexity index is 158. The molecule has 1 heterocycles. The van der Waals surface area contributed by atoms with Crippen molar-refractivity contribution in [2.75, 3.05) is 13.2 Å². The quantitative estimate of drug-likeness (QED) is 0.532. The van der Waals surface area contributed by atoms with E-state index in [1.807, 2.05) is 19.1 Å². The number of allylic oxidation sites excluding steroid dienone is 1. The number of nitrogens with one attached hydrogen (secondary N) is 1. The molecule has 2 heteroatoms. The SMILES string of the molecule is CC1=CC(CO)=CCN1. The lowest BCUT2D eigenvalue weighted by Crippen LogP contribution is -2.15. The van der Waals surface area contributed by atoms with Gasteiger partial charge < -0.3 is 10.4 Å². The standard InChI is InChI=1S/C7H11NO/c1-6-4-7(5-9)2-3-8-6/h2,4,8-9H,3,5H2,1H3. The number of rotatable bonds is 1. The Hall–Kier alpha value is -0.760. The van der Waals surface area contributed by atoms with E-state index in [0.717, 1.165) is 17.8 Å². The molecule has 0 aromatic rings. The second kappa shape index (κ2) is 2.69. The second-order valence-electron chi connectivity index (χ2n) is 2.15. The molecule has 1 aliphatic rings. The Balaban J connectivity index is 2.63. The molecule has 1 rings (SSSR count). The van der Waals surface area contributed by atoms with E-state index in [0.29, 0.717) is 0 Å². The molecule has 9 heavy (non-hydrogen) atoms. The minimum absolute atomic E-state index is 0.152. The first-order valence-electron chi connectivity index (χ1n) is 3.05. The smallest absolute Gasteiger partial charge is 0.0680 e. The maximum Gasteiger partial charge on any atom is 0.0680 e. The third-order valence-corrected chi connectivity index (χ3v) is 1.33. The van der Waals surface area contributed by atoms with Crippen molar-refractivity contribution in [1.82, 2.24) is 5.32 Å². The molecule has 0 aromatic heterocycles. The van der Waals surface area contributed by atoms with Gasteiger partial charge in [0, 0.05) is 12.2 Å². The van der Waals surface area contributed by atoms with E-state index in [9.17, 15) is 0 Å². The van der Waals surface area contributed by atoms with Gasteiger partial charge in [-0.2, -0.15) is 0 Å². The first kappa shape index (κ1) is 6.36. The van der Waals surface area contributed by atoms with Gasteiger partial charge in [-0.15, -0.1) is 0 Å². The van der Waals surface area contributed by atoms with E-state index in [2.05, 4.69) is 5.32 Å². The largest absolute Gasteiger partial charge is 0.392 e. The fraction of sp³-hybridized carbons (Fsp3) is 0.429. The molecule has 0 saturated carbocycles. The Kier molecular flexibility index (Phi) is 1.90. The van der Waals surface area contributed by atoms with Crippen molar-refractivity contribution >= 4 is 0 Å². The van der Waals surface area contributed by atoms with Crippen LogP contribution >= 0.6 is 0 Å². The molecule has 0 saturated heterocycles. The predicted molar refractivity (Wildman–Crippen MR) is 36.9 cm³/mol. The van der Waals surface area contributed by atoms with Crippen LogP contribution < -0.4 is 5.32 Å². The molecule has 1 aliphatic heterocycles.